The molecule has 3 unspecified atom stereocenters. The molecular weight excluding hydrogens is 617 g/mol. The molecule has 7 aromatic carbocycles. The molecule has 51 heavy (non-hydrogen) atoms. The van der Waals surface area contributed by atoms with Crippen LogP contribution in [0, 0.1) is 5.92 Å². The Hall–Kier alpha value is -5.99. The topological polar surface area (TPSA) is 17.3 Å². The van der Waals surface area contributed by atoms with E-state index in [4.69, 9.17) is 4.99 Å². The highest BCUT2D eigenvalue weighted by Crippen LogP contribution is 2.51. The number of hydrogen-bond donors (Lipinski definition) is 0. The lowest BCUT2D eigenvalue weighted by Gasteiger charge is -2.31. The minimum atomic E-state index is 0.125. The number of aliphatic imine (C=N–C) groups is 1. The Morgan fingerprint density at radius 1 is 0.569 bits per heavy atom. The van der Waals surface area contributed by atoms with Crippen molar-refractivity contribution < 1.29 is 0 Å². The number of allylic oxidation sites excluding steroid dienone is 1. The molecule has 8 aromatic rings. The van der Waals surface area contributed by atoms with E-state index in [-0.39, 0.29) is 11.8 Å². The summed E-state index contributed by atoms with van der Waals surface area (Å²) in [5, 5.41) is 5.27. The maximum absolute atomic E-state index is 5.67. The number of para-hydroxylation sites is 1. The molecule has 2 nitrogen and oxygen atoms in total. The first-order valence-electron chi connectivity index (χ1n) is 18.2. The van der Waals surface area contributed by atoms with Crippen LogP contribution in [0.3, 0.4) is 0 Å². The van der Waals surface area contributed by atoms with Gasteiger partial charge in [0, 0.05) is 28.0 Å². The molecule has 1 aromatic heterocycles. The number of rotatable bonds is 3. The van der Waals surface area contributed by atoms with Crippen LogP contribution in [0.5, 0.6) is 0 Å². The smallest absolute Gasteiger partial charge is 0.118 e. The van der Waals surface area contributed by atoms with Crippen molar-refractivity contribution in [2.24, 2.45) is 10.9 Å². The van der Waals surface area contributed by atoms with E-state index >= 15 is 0 Å². The largest absolute Gasteiger partial charge is 0.296 e. The van der Waals surface area contributed by atoms with E-state index in [1.807, 2.05) is 0 Å². The zero-order chi connectivity index (χ0) is 34.1. The van der Waals surface area contributed by atoms with Crippen LogP contribution in [-0.4, -0.2) is 10.4 Å². The van der Waals surface area contributed by atoms with E-state index in [1.165, 1.54) is 71.5 Å². The molecule has 2 heteroatoms. The number of hydrogen-bond acceptors (Lipinski definition) is 1. The van der Waals surface area contributed by atoms with E-state index in [0.717, 1.165) is 23.5 Å². The maximum atomic E-state index is 5.67. The summed E-state index contributed by atoms with van der Waals surface area (Å²) in [5.74, 6) is 1.78. The van der Waals surface area contributed by atoms with Gasteiger partial charge in [-0.05, 0) is 74.4 Å². The molecule has 0 radical (unpaired) electrons. The van der Waals surface area contributed by atoms with Gasteiger partial charge in [0.15, 0.2) is 0 Å². The molecule has 0 bridgehead atoms. The average molecular weight is 655 g/mol. The zero-order valence-electron chi connectivity index (χ0n) is 28.9. The van der Waals surface area contributed by atoms with E-state index in [2.05, 4.69) is 182 Å². The molecule has 0 amide bonds. The number of benzene rings is 7. The van der Waals surface area contributed by atoms with E-state index in [0.29, 0.717) is 5.92 Å². The molecule has 244 valence electrons. The van der Waals surface area contributed by atoms with Gasteiger partial charge < -0.3 is 0 Å². The fraction of sp³-hybridized carbons (Fsp3) is 0.122. The van der Waals surface area contributed by atoms with E-state index in [1.54, 1.807) is 0 Å². The van der Waals surface area contributed by atoms with Gasteiger partial charge in [-0.15, -0.1) is 0 Å². The molecule has 10 rings (SSSR count). The van der Waals surface area contributed by atoms with Crippen molar-refractivity contribution in [3.05, 3.63) is 186 Å². The molecule has 2 heterocycles. The van der Waals surface area contributed by atoms with Gasteiger partial charge in [0.05, 0.1) is 16.7 Å². The van der Waals surface area contributed by atoms with Crippen LogP contribution in [0.1, 0.15) is 47.9 Å². The lowest BCUT2D eigenvalue weighted by Crippen LogP contribution is -2.28. The molecule has 1 aliphatic heterocycles. The Bertz CT molecular complexity index is 2680. The van der Waals surface area contributed by atoms with Gasteiger partial charge >= 0.3 is 0 Å². The Kier molecular flexibility index (Phi) is 6.92. The number of nitrogens with zero attached hydrogens (tertiary/aromatic N) is 2. The number of fused-ring (bicyclic) bond motifs is 10. The fourth-order valence-electron chi connectivity index (χ4n) is 9.02. The molecule has 0 N–H and O–H groups in total. The Balaban J connectivity index is 1.28. The lowest BCUT2D eigenvalue weighted by molar-refractivity contribution is 0.656. The zero-order valence-corrected chi connectivity index (χ0v) is 28.9. The Morgan fingerprint density at radius 3 is 1.96 bits per heavy atom. The van der Waals surface area contributed by atoms with Crippen LogP contribution in [0.4, 0.5) is 0 Å². The second-order valence-corrected chi connectivity index (χ2v) is 14.4. The van der Waals surface area contributed by atoms with Crippen molar-refractivity contribution in [1.29, 1.82) is 0 Å². The molecule has 0 spiro atoms. The fourth-order valence-corrected chi connectivity index (χ4v) is 9.02. The third-order valence-corrected chi connectivity index (χ3v) is 11.4. The molecule has 0 saturated heterocycles. The van der Waals surface area contributed by atoms with E-state index < -0.39 is 0 Å². The van der Waals surface area contributed by atoms with Crippen molar-refractivity contribution >= 4 is 44.1 Å². The minimum absolute atomic E-state index is 0.125. The summed E-state index contributed by atoms with van der Waals surface area (Å²) in [4.78, 5) is 5.67. The molecule has 0 saturated carbocycles. The minimum Gasteiger partial charge on any atom is -0.296 e. The van der Waals surface area contributed by atoms with Gasteiger partial charge in [-0.1, -0.05) is 166 Å². The summed E-state index contributed by atoms with van der Waals surface area (Å²) in [7, 11) is 0. The Labute approximate surface area is 299 Å². The monoisotopic (exact) mass is 654 g/mol. The van der Waals surface area contributed by atoms with Crippen LogP contribution >= 0.6 is 0 Å². The van der Waals surface area contributed by atoms with Gasteiger partial charge in [0.1, 0.15) is 5.84 Å². The quantitative estimate of drug-likeness (QED) is 0.180. The third-order valence-electron chi connectivity index (χ3n) is 11.4. The first-order chi connectivity index (χ1) is 25.2. The summed E-state index contributed by atoms with van der Waals surface area (Å²) in [6.45, 7) is 4.77. The van der Waals surface area contributed by atoms with Gasteiger partial charge in [-0.2, -0.15) is 0 Å². The predicted octanol–water partition coefficient (Wildman–Crippen LogP) is 12.7. The van der Waals surface area contributed by atoms with Crippen molar-refractivity contribution in [3.63, 3.8) is 0 Å². The van der Waals surface area contributed by atoms with Gasteiger partial charge in [0.25, 0.3) is 0 Å². The second-order valence-electron chi connectivity index (χ2n) is 14.4. The van der Waals surface area contributed by atoms with Crippen molar-refractivity contribution in [2.45, 2.75) is 32.1 Å². The predicted molar refractivity (Wildman–Crippen MR) is 216 cm³/mol. The van der Waals surface area contributed by atoms with Gasteiger partial charge in [-0.3, -0.25) is 4.57 Å². The first-order valence-corrected chi connectivity index (χ1v) is 18.2. The molecule has 0 fully saturated rings. The summed E-state index contributed by atoms with van der Waals surface area (Å²) in [6.07, 6.45) is 3.45. The molecule has 2 aliphatic rings. The van der Waals surface area contributed by atoms with E-state index in [9.17, 15) is 0 Å². The molecular formula is C49H38N2. The highest BCUT2D eigenvalue weighted by atomic mass is 15.1. The summed E-state index contributed by atoms with van der Waals surface area (Å²) < 4.78 is 2.53. The van der Waals surface area contributed by atoms with Crippen LogP contribution in [-0.2, 0) is 6.42 Å². The van der Waals surface area contributed by atoms with Crippen LogP contribution in [0.2, 0.25) is 0 Å². The van der Waals surface area contributed by atoms with Crippen LogP contribution < -0.4 is 0 Å². The third kappa shape index (κ3) is 4.67. The molecule has 3 atom stereocenters. The van der Waals surface area contributed by atoms with Crippen LogP contribution in [0.25, 0.3) is 60.5 Å². The van der Waals surface area contributed by atoms with Gasteiger partial charge in [0.2, 0.25) is 0 Å². The SMILES string of the molecule is CC1Cc2ccccc2-c2c1c1ccccc1c1c2c2ccccc2n1C1=NC(c2ccc(-c3ccccc3)cc2)=CC(c2ccccc2)C1C. The average Bonchev–Trinajstić information content (AvgIpc) is 3.54. The summed E-state index contributed by atoms with van der Waals surface area (Å²) >= 11 is 0. The standard InChI is InChI=1S/C49H38N2/c1-31-29-37-19-9-10-20-38(37)46-45(31)39-21-11-12-22-40(39)48-47(46)41-23-13-14-24-44(41)51(48)49-32(2)42(35-17-7-4-8-18-35)30-43(50-49)36-27-25-34(26-28-36)33-15-5-3-6-16-33/h3-28,30-32,42H,29H2,1-2H3. The molecule has 1 aliphatic carbocycles. The number of aromatic nitrogens is 1. The highest BCUT2D eigenvalue weighted by molar-refractivity contribution is 6.28. The normalized spacial score (nSPS) is 18.4. The van der Waals surface area contributed by atoms with Crippen molar-refractivity contribution in [1.82, 2.24) is 4.57 Å². The maximum Gasteiger partial charge on any atom is 0.118 e. The van der Waals surface area contributed by atoms with Gasteiger partial charge in [-0.25, -0.2) is 4.99 Å². The Morgan fingerprint density at radius 2 is 1.18 bits per heavy atom. The van der Waals surface area contributed by atoms with Crippen molar-refractivity contribution in [3.8, 4) is 22.3 Å². The summed E-state index contributed by atoms with van der Waals surface area (Å²) in [6, 6.07) is 57.7. The first kappa shape index (κ1) is 29.9. The van der Waals surface area contributed by atoms with Crippen molar-refractivity contribution in [2.75, 3.05) is 0 Å². The second kappa shape index (κ2) is 11.8. The highest BCUT2D eigenvalue weighted by Gasteiger charge is 2.34. The lowest BCUT2D eigenvalue weighted by atomic mass is 9.75. The summed E-state index contributed by atoms with van der Waals surface area (Å²) in [5.41, 5.74) is 14.0. The van der Waals surface area contributed by atoms with Crippen LogP contribution in [0.15, 0.2) is 169 Å².